The number of carbonyl (C=O) groups excluding carboxylic acids is 3. The number of benzene rings is 2. The molecule has 3 aromatic rings. The van der Waals surface area contributed by atoms with E-state index in [4.69, 9.17) is 14.2 Å². The van der Waals surface area contributed by atoms with Crippen molar-refractivity contribution in [2.75, 3.05) is 18.1 Å². The minimum Gasteiger partial charge on any atom is -0.507 e. The summed E-state index contributed by atoms with van der Waals surface area (Å²) in [4.78, 5) is 45.8. The summed E-state index contributed by atoms with van der Waals surface area (Å²) in [6, 6.07) is 9.44. The highest BCUT2D eigenvalue weighted by atomic mass is 32.1. The zero-order valence-electron chi connectivity index (χ0n) is 25.2. The first-order valence-electron chi connectivity index (χ1n) is 14.5. The number of aliphatic hydroxyl groups excluding tert-OH is 1. The Hall–Kier alpha value is -4.18. The van der Waals surface area contributed by atoms with E-state index in [9.17, 15) is 19.5 Å². The molecule has 9 nitrogen and oxygen atoms in total. The molecule has 1 N–H and O–H groups in total. The van der Waals surface area contributed by atoms with Crippen LogP contribution in [-0.2, 0) is 16.0 Å². The van der Waals surface area contributed by atoms with E-state index in [0.29, 0.717) is 58.7 Å². The molecule has 2 aliphatic rings. The lowest BCUT2D eigenvalue weighted by atomic mass is 9.94. The van der Waals surface area contributed by atoms with Gasteiger partial charge in [-0.2, -0.15) is 0 Å². The quantitative estimate of drug-likeness (QED) is 0.122. The van der Waals surface area contributed by atoms with Crippen molar-refractivity contribution in [3.8, 4) is 17.2 Å². The van der Waals surface area contributed by atoms with Gasteiger partial charge >= 0.3 is 5.91 Å². The van der Waals surface area contributed by atoms with Gasteiger partial charge in [-0.05, 0) is 74.6 Å². The molecule has 10 heteroatoms. The Labute approximate surface area is 255 Å². The number of anilines is 1. The topological polar surface area (TPSA) is 115 Å². The van der Waals surface area contributed by atoms with Gasteiger partial charge in [0.15, 0.2) is 22.4 Å². The van der Waals surface area contributed by atoms with Crippen LogP contribution in [0, 0.1) is 12.8 Å². The summed E-state index contributed by atoms with van der Waals surface area (Å²) in [5.41, 5.74) is 2.22. The number of carbonyl (C=O) groups is 3. The highest BCUT2D eigenvalue weighted by Gasteiger charge is 2.48. The minimum atomic E-state index is -1.03. The van der Waals surface area contributed by atoms with E-state index in [-0.39, 0.29) is 28.4 Å². The number of Topliss-reactive ketones (excluding diaryl/α,β-unsaturated/α-hetero) is 2. The molecule has 2 aromatic carbocycles. The molecule has 0 bridgehead atoms. The third-order valence-electron chi connectivity index (χ3n) is 7.46. The molecule has 0 unspecified atom stereocenters. The summed E-state index contributed by atoms with van der Waals surface area (Å²) < 4.78 is 17.7. The van der Waals surface area contributed by atoms with E-state index in [1.54, 1.807) is 43.3 Å². The number of amides is 1. The van der Waals surface area contributed by atoms with Crippen molar-refractivity contribution in [1.29, 1.82) is 0 Å². The molecule has 2 aliphatic heterocycles. The van der Waals surface area contributed by atoms with Crippen molar-refractivity contribution in [2.24, 2.45) is 5.92 Å². The second-order valence-corrected chi connectivity index (χ2v) is 12.2. The molecular formula is C33H36N2O7S. The summed E-state index contributed by atoms with van der Waals surface area (Å²) in [5, 5.41) is 11.9. The summed E-state index contributed by atoms with van der Waals surface area (Å²) in [6.45, 7) is 12.0. The number of hydrogen-bond donors (Lipinski definition) is 1. The third kappa shape index (κ3) is 5.88. The number of fused-ring (bicyclic) bond motifs is 1. The van der Waals surface area contributed by atoms with Gasteiger partial charge in [0.2, 0.25) is 0 Å². The van der Waals surface area contributed by atoms with Gasteiger partial charge in [-0.25, -0.2) is 4.98 Å². The van der Waals surface area contributed by atoms with E-state index in [0.717, 1.165) is 29.1 Å². The number of hydrogen-bond acceptors (Lipinski definition) is 9. The van der Waals surface area contributed by atoms with Crippen LogP contribution in [0.15, 0.2) is 42.0 Å². The summed E-state index contributed by atoms with van der Waals surface area (Å²) in [5.74, 6) is 0.00568. The van der Waals surface area contributed by atoms with Crippen molar-refractivity contribution in [1.82, 2.24) is 4.98 Å². The largest absolute Gasteiger partial charge is 0.507 e. The van der Waals surface area contributed by atoms with Gasteiger partial charge in [-0.1, -0.05) is 31.3 Å². The Bertz CT molecular complexity index is 1620. The fourth-order valence-corrected chi connectivity index (χ4v) is 6.36. The van der Waals surface area contributed by atoms with Crippen molar-refractivity contribution < 1.29 is 33.7 Å². The third-order valence-corrected chi connectivity index (χ3v) is 8.72. The van der Waals surface area contributed by atoms with Crippen LogP contribution in [0.1, 0.15) is 79.1 Å². The highest BCUT2D eigenvalue weighted by Crippen LogP contribution is 2.46. The van der Waals surface area contributed by atoms with Crippen LogP contribution in [-0.4, -0.2) is 46.9 Å². The zero-order chi connectivity index (χ0) is 31.0. The predicted molar refractivity (Wildman–Crippen MR) is 164 cm³/mol. The number of aromatic nitrogens is 1. The Balaban J connectivity index is 1.66. The highest BCUT2D eigenvalue weighted by molar-refractivity contribution is 7.18. The Morgan fingerprint density at radius 1 is 1.16 bits per heavy atom. The molecule has 1 amide bonds. The van der Waals surface area contributed by atoms with E-state index >= 15 is 0 Å². The van der Waals surface area contributed by atoms with Crippen molar-refractivity contribution in [3.63, 3.8) is 0 Å². The Morgan fingerprint density at radius 3 is 2.60 bits per heavy atom. The molecule has 5 rings (SSSR count). The van der Waals surface area contributed by atoms with Crippen LogP contribution in [0.4, 0.5) is 5.13 Å². The molecule has 2 atom stereocenters. The molecule has 0 spiro atoms. The predicted octanol–water partition coefficient (Wildman–Crippen LogP) is 6.43. The maximum atomic E-state index is 13.7. The summed E-state index contributed by atoms with van der Waals surface area (Å²) in [7, 11) is 0. The number of ketones is 2. The molecule has 0 radical (unpaired) electrons. The first kappa shape index (κ1) is 30.3. The number of nitrogens with zero attached hydrogens (tertiary/aromatic N) is 2. The molecule has 1 fully saturated rings. The smallest absolute Gasteiger partial charge is 0.301 e. The lowest BCUT2D eigenvalue weighted by Crippen LogP contribution is -2.29. The summed E-state index contributed by atoms with van der Waals surface area (Å²) in [6.07, 6.45) is 1.52. The number of aryl methyl sites for hydroxylation is 1. The second kappa shape index (κ2) is 12.2. The lowest BCUT2D eigenvalue weighted by molar-refractivity contribution is -0.132. The molecule has 1 saturated heterocycles. The average Bonchev–Trinajstić information content (AvgIpc) is 3.60. The minimum absolute atomic E-state index is 0.000140. The fraction of sp³-hybridized carbons (Fsp3) is 0.394. The van der Waals surface area contributed by atoms with Crippen molar-refractivity contribution >= 4 is 39.7 Å². The number of ether oxygens (including phenoxy) is 3. The SMILES string of the molecule is CCOc1cc([C@H]2C(=C(O)c3ccc4c(c3)C[C@@H](C)O4)C(=O)C(=O)N2c2nc(C)c(C(C)=O)s2)ccc1OCCC(C)C. The van der Waals surface area contributed by atoms with Gasteiger partial charge in [-0.3, -0.25) is 19.3 Å². The molecule has 3 heterocycles. The van der Waals surface area contributed by atoms with Gasteiger partial charge in [0.25, 0.3) is 5.78 Å². The molecular weight excluding hydrogens is 568 g/mol. The Kier molecular flexibility index (Phi) is 8.59. The van der Waals surface area contributed by atoms with Gasteiger partial charge in [0.1, 0.15) is 17.6 Å². The lowest BCUT2D eigenvalue weighted by Gasteiger charge is -2.24. The van der Waals surface area contributed by atoms with Crippen LogP contribution >= 0.6 is 11.3 Å². The Morgan fingerprint density at radius 2 is 1.93 bits per heavy atom. The van der Waals surface area contributed by atoms with Gasteiger partial charge in [-0.15, -0.1) is 0 Å². The van der Waals surface area contributed by atoms with Crippen LogP contribution < -0.4 is 19.1 Å². The van der Waals surface area contributed by atoms with E-state index in [1.807, 2.05) is 13.8 Å². The van der Waals surface area contributed by atoms with Gasteiger partial charge in [0, 0.05) is 18.9 Å². The van der Waals surface area contributed by atoms with Crippen molar-refractivity contribution in [3.05, 3.63) is 69.2 Å². The normalized spacial score (nSPS) is 19.1. The second-order valence-electron chi connectivity index (χ2n) is 11.3. The van der Waals surface area contributed by atoms with Gasteiger partial charge < -0.3 is 19.3 Å². The van der Waals surface area contributed by atoms with E-state index < -0.39 is 17.7 Å². The summed E-state index contributed by atoms with van der Waals surface area (Å²) >= 11 is 1.04. The molecule has 0 aliphatic carbocycles. The molecule has 0 saturated carbocycles. The van der Waals surface area contributed by atoms with Crippen LogP contribution in [0.25, 0.3) is 5.76 Å². The molecule has 43 heavy (non-hydrogen) atoms. The first-order valence-corrected chi connectivity index (χ1v) is 15.3. The monoisotopic (exact) mass is 604 g/mol. The van der Waals surface area contributed by atoms with E-state index in [2.05, 4.69) is 18.8 Å². The number of thiazole rings is 1. The maximum Gasteiger partial charge on any atom is 0.301 e. The van der Waals surface area contributed by atoms with Crippen LogP contribution in [0.2, 0.25) is 0 Å². The van der Waals surface area contributed by atoms with E-state index in [1.165, 1.54) is 11.8 Å². The van der Waals surface area contributed by atoms with Crippen molar-refractivity contribution in [2.45, 2.75) is 66.5 Å². The van der Waals surface area contributed by atoms with Crippen LogP contribution in [0.5, 0.6) is 17.2 Å². The fourth-order valence-electron chi connectivity index (χ4n) is 5.37. The molecule has 1 aromatic heterocycles. The average molecular weight is 605 g/mol. The number of aliphatic hydroxyl groups is 1. The standard InChI is InChI=1S/C33H36N2O7S/c1-7-40-26-16-21(8-11-25(26)41-13-12-17(2)3)28-27(29(37)22-9-10-24-23(15-22)14-18(4)42-24)30(38)32(39)35(28)33-34-19(5)31(43-33)20(6)36/h8-11,15-18,28,37H,7,12-14H2,1-6H3/t18-,28+/m1/s1. The number of rotatable bonds is 10. The first-order chi connectivity index (χ1) is 20.5. The maximum absolute atomic E-state index is 13.7. The van der Waals surface area contributed by atoms with Gasteiger partial charge in [0.05, 0.1) is 35.4 Å². The zero-order valence-corrected chi connectivity index (χ0v) is 26.0. The molecule has 226 valence electrons. The van der Waals surface area contributed by atoms with Crippen LogP contribution in [0.3, 0.4) is 0 Å².